The van der Waals surface area contributed by atoms with Crippen LogP contribution in [0.15, 0.2) is 182 Å². The second-order valence-corrected chi connectivity index (χ2v) is 22.7. The molecule has 0 aliphatic carbocycles. The van der Waals surface area contributed by atoms with Crippen molar-refractivity contribution in [3.8, 4) is 5.75 Å². The first kappa shape index (κ1) is 45.1. The highest BCUT2D eigenvalue weighted by Gasteiger charge is 2.43. The fraction of sp³-hybridized carbons (Fsp3) is 0.255. The first-order chi connectivity index (χ1) is 31.5. The van der Waals surface area contributed by atoms with E-state index in [1.165, 1.54) is 0 Å². The van der Waals surface area contributed by atoms with E-state index in [1.807, 2.05) is 48.8 Å². The van der Waals surface area contributed by atoms with Gasteiger partial charge in [0.1, 0.15) is 16.8 Å². The minimum Gasteiger partial charge on any atom is -0.497 e. The van der Waals surface area contributed by atoms with E-state index in [1.54, 1.807) is 14.2 Å². The summed E-state index contributed by atoms with van der Waals surface area (Å²) in [6.07, 6.45) is 2.43. The Balaban J connectivity index is 1.31. The summed E-state index contributed by atoms with van der Waals surface area (Å²) in [5, 5.41) is -0.0151. The van der Waals surface area contributed by atoms with Crippen LogP contribution in [0.3, 0.4) is 0 Å². The molecule has 0 spiro atoms. The van der Waals surface area contributed by atoms with Crippen molar-refractivity contribution in [1.82, 2.24) is 19.5 Å². The number of rotatable bonds is 18. The third-order valence-electron chi connectivity index (χ3n) is 13.0. The van der Waals surface area contributed by atoms with E-state index in [0.717, 1.165) is 39.1 Å². The number of fused-ring (bicyclic) bond motifs is 1. The van der Waals surface area contributed by atoms with Crippen molar-refractivity contribution in [3.63, 3.8) is 0 Å². The predicted octanol–water partition coefficient (Wildman–Crippen LogP) is 12.2. The van der Waals surface area contributed by atoms with Gasteiger partial charge in [-0.2, -0.15) is 0 Å². The van der Waals surface area contributed by atoms with Crippen molar-refractivity contribution in [1.29, 1.82) is 0 Å². The van der Waals surface area contributed by atoms with Crippen LogP contribution in [-0.2, 0) is 25.0 Å². The molecule has 65 heavy (non-hydrogen) atoms. The van der Waals surface area contributed by atoms with Gasteiger partial charge in [-0.05, 0) is 70.1 Å². The molecule has 2 aromatic heterocycles. The molecule has 1 N–H and O–H groups in total. The van der Waals surface area contributed by atoms with Crippen molar-refractivity contribution in [2.45, 2.75) is 62.4 Å². The minimum atomic E-state index is -2.24. The maximum atomic E-state index is 7.44. The Morgan fingerprint density at radius 3 is 1.58 bits per heavy atom. The van der Waals surface area contributed by atoms with Crippen LogP contribution < -0.4 is 10.2 Å². The fourth-order valence-corrected chi connectivity index (χ4v) is 9.62. The molecule has 332 valence electrons. The quantitative estimate of drug-likeness (QED) is 0.0517. The SMILES string of the molecule is CONc1nc(C(c2ccccc2)(c2ccccc2)c2ccccc2)nc2c1ncn2C(CCOC(c1ccccc1)(c1ccccc1)c1cccc(OC)c1)CO[Si](C)(C)C(C)(C)C. The summed E-state index contributed by atoms with van der Waals surface area (Å²) in [6, 6.07) is 60.2. The van der Waals surface area contributed by atoms with E-state index >= 15 is 0 Å². The van der Waals surface area contributed by atoms with Gasteiger partial charge < -0.3 is 18.5 Å². The molecule has 0 amide bonds. The molecule has 8 rings (SSSR count). The number of aromatic nitrogens is 4. The van der Waals surface area contributed by atoms with Crippen molar-refractivity contribution in [3.05, 3.63) is 221 Å². The van der Waals surface area contributed by atoms with Gasteiger partial charge in [0.25, 0.3) is 0 Å². The molecule has 1 atom stereocenters. The van der Waals surface area contributed by atoms with E-state index in [9.17, 15) is 0 Å². The lowest BCUT2D eigenvalue weighted by Gasteiger charge is -2.38. The number of ether oxygens (including phenoxy) is 2. The zero-order valence-electron chi connectivity index (χ0n) is 38.4. The molecule has 0 aliphatic heterocycles. The Bertz CT molecular complexity index is 2630. The molecule has 0 bridgehead atoms. The second kappa shape index (κ2) is 19.4. The molecule has 0 aliphatic rings. The number of imidazole rings is 1. The third kappa shape index (κ3) is 8.87. The number of nitrogens with one attached hydrogen (secondary N) is 1. The topological polar surface area (TPSA) is 92.6 Å². The fourth-order valence-electron chi connectivity index (χ4n) is 8.58. The van der Waals surface area contributed by atoms with Crippen LogP contribution in [0.2, 0.25) is 18.1 Å². The maximum Gasteiger partial charge on any atom is 0.192 e. The first-order valence-corrected chi connectivity index (χ1v) is 25.2. The lowest BCUT2D eigenvalue weighted by molar-refractivity contribution is 0.00361. The molecule has 8 aromatic rings. The Morgan fingerprint density at radius 1 is 0.615 bits per heavy atom. The number of nitrogens with zero attached hydrogens (tertiary/aromatic N) is 4. The molecule has 1 unspecified atom stereocenters. The largest absolute Gasteiger partial charge is 0.497 e. The summed E-state index contributed by atoms with van der Waals surface area (Å²) in [4.78, 5) is 21.6. The second-order valence-electron chi connectivity index (χ2n) is 17.9. The van der Waals surface area contributed by atoms with Gasteiger partial charge in [0.15, 0.2) is 31.1 Å². The zero-order valence-corrected chi connectivity index (χ0v) is 39.4. The van der Waals surface area contributed by atoms with Crippen molar-refractivity contribution in [2.24, 2.45) is 0 Å². The van der Waals surface area contributed by atoms with E-state index in [4.69, 9.17) is 33.7 Å². The van der Waals surface area contributed by atoms with Crippen LogP contribution in [0.1, 0.15) is 72.4 Å². The molecule has 0 fully saturated rings. The number of methoxy groups -OCH3 is 1. The predicted molar refractivity (Wildman–Crippen MR) is 263 cm³/mol. The van der Waals surface area contributed by atoms with Gasteiger partial charge >= 0.3 is 0 Å². The summed E-state index contributed by atoms with van der Waals surface area (Å²) in [7, 11) is 1.04. The number of anilines is 1. The van der Waals surface area contributed by atoms with Gasteiger partial charge in [-0.1, -0.05) is 185 Å². The first-order valence-electron chi connectivity index (χ1n) is 22.3. The van der Waals surface area contributed by atoms with Crippen LogP contribution in [0.4, 0.5) is 5.82 Å². The van der Waals surface area contributed by atoms with Gasteiger partial charge in [0.2, 0.25) is 0 Å². The van der Waals surface area contributed by atoms with E-state index in [-0.39, 0.29) is 11.1 Å². The van der Waals surface area contributed by atoms with Gasteiger partial charge in [0.05, 0.1) is 39.8 Å². The van der Waals surface area contributed by atoms with Gasteiger partial charge in [-0.3, -0.25) is 4.84 Å². The number of hydrogen-bond acceptors (Lipinski definition) is 8. The van der Waals surface area contributed by atoms with Crippen LogP contribution in [0, 0.1) is 0 Å². The van der Waals surface area contributed by atoms with Gasteiger partial charge in [0, 0.05) is 0 Å². The highest BCUT2D eigenvalue weighted by atomic mass is 28.4. The van der Waals surface area contributed by atoms with E-state index < -0.39 is 19.3 Å². The molecule has 2 heterocycles. The van der Waals surface area contributed by atoms with E-state index in [0.29, 0.717) is 42.4 Å². The summed E-state index contributed by atoms with van der Waals surface area (Å²) in [5.41, 5.74) is 8.47. The average Bonchev–Trinajstić information content (AvgIpc) is 3.77. The smallest absolute Gasteiger partial charge is 0.192 e. The number of benzene rings is 6. The summed E-state index contributed by atoms with van der Waals surface area (Å²) >= 11 is 0. The molecule has 0 saturated heterocycles. The van der Waals surface area contributed by atoms with Gasteiger partial charge in [-0.25, -0.2) is 20.4 Å². The van der Waals surface area contributed by atoms with Crippen molar-refractivity contribution < 1.29 is 18.7 Å². The van der Waals surface area contributed by atoms with Crippen LogP contribution >= 0.6 is 0 Å². The highest BCUT2D eigenvalue weighted by Crippen LogP contribution is 2.46. The Morgan fingerprint density at radius 2 is 1.11 bits per heavy atom. The van der Waals surface area contributed by atoms with E-state index in [2.05, 4.69) is 177 Å². The van der Waals surface area contributed by atoms with Crippen LogP contribution in [0.5, 0.6) is 5.75 Å². The Labute approximate surface area is 384 Å². The Kier molecular flexibility index (Phi) is 13.4. The molecular formula is C55H59N5O4Si. The van der Waals surface area contributed by atoms with Crippen molar-refractivity contribution >= 4 is 25.3 Å². The Hall–Kier alpha value is -6.43. The standard InChI is InChI=1S/C55H59N5O4Si/c1-53(2,3)65(6,7)64-39-47(36-37-63-55(44-30-19-11-20-31-44,45-32-21-12-22-33-45)46-34-23-35-48(38-46)61-4)60-40-56-49-50(59-62-5)57-52(58-51(49)60)54(41-24-13-8-14-25-41,42-26-15-9-16-27-42)43-28-17-10-18-29-43/h8-35,38,40,47H,36-37,39H2,1-7H3,(H,57,58,59). The monoisotopic (exact) mass is 881 g/mol. The number of hydrogen-bond donors (Lipinski definition) is 1. The maximum absolute atomic E-state index is 7.44. The molecule has 0 radical (unpaired) electrons. The molecule has 0 saturated carbocycles. The summed E-state index contributed by atoms with van der Waals surface area (Å²) < 4.78 is 22.5. The zero-order chi connectivity index (χ0) is 45.5. The van der Waals surface area contributed by atoms with Gasteiger partial charge in [-0.15, -0.1) is 0 Å². The molecule has 9 nitrogen and oxygen atoms in total. The molecule has 6 aromatic carbocycles. The van der Waals surface area contributed by atoms with Crippen LogP contribution in [0.25, 0.3) is 11.2 Å². The van der Waals surface area contributed by atoms with Crippen molar-refractivity contribution in [2.75, 3.05) is 32.9 Å². The molecule has 10 heteroatoms. The summed E-state index contributed by atoms with van der Waals surface area (Å²) in [6.45, 7) is 12.2. The van der Waals surface area contributed by atoms with Crippen LogP contribution in [-0.4, -0.2) is 55.3 Å². The third-order valence-corrected chi connectivity index (χ3v) is 17.5. The summed E-state index contributed by atoms with van der Waals surface area (Å²) in [5.74, 6) is 1.78. The highest BCUT2D eigenvalue weighted by molar-refractivity contribution is 6.74. The molecular weight excluding hydrogens is 823 g/mol. The lowest BCUT2D eigenvalue weighted by atomic mass is 9.68. The lowest BCUT2D eigenvalue weighted by Crippen LogP contribution is -2.42. The average molecular weight is 882 g/mol. The normalized spacial score (nSPS) is 12.8. The minimum absolute atomic E-state index is 0.0151.